The van der Waals surface area contributed by atoms with Crippen LogP contribution in [0.5, 0.6) is 0 Å². The molecule has 2 aromatic carbocycles. The fourth-order valence-corrected chi connectivity index (χ4v) is 3.08. The lowest BCUT2D eigenvalue weighted by Gasteiger charge is -2.17. The van der Waals surface area contributed by atoms with E-state index in [1.807, 2.05) is 42.5 Å². The minimum atomic E-state index is -0.376. The summed E-state index contributed by atoms with van der Waals surface area (Å²) in [5, 5.41) is 5.97. The summed E-state index contributed by atoms with van der Waals surface area (Å²) in [6.07, 6.45) is 2.76. The van der Waals surface area contributed by atoms with Gasteiger partial charge in [0.2, 0.25) is 5.91 Å². The van der Waals surface area contributed by atoms with Gasteiger partial charge in [0, 0.05) is 17.8 Å². The fraction of sp³-hybridized carbons (Fsp3) is 0.364. The van der Waals surface area contributed by atoms with Gasteiger partial charge in [-0.3, -0.25) is 9.59 Å². The summed E-state index contributed by atoms with van der Waals surface area (Å²) in [7, 11) is 0. The molecule has 0 unspecified atom stereocenters. The first-order valence-corrected chi connectivity index (χ1v) is 9.26. The van der Waals surface area contributed by atoms with Gasteiger partial charge in [-0.2, -0.15) is 0 Å². The van der Waals surface area contributed by atoms with Crippen LogP contribution in [0.4, 0.5) is 5.69 Å². The van der Waals surface area contributed by atoms with E-state index in [0.717, 1.165) is 37.1 Å². The Morgan fingerprint density at radius 3 is 2.23 bits per heavy atom. The van der Waals surface area contributed by atoms with Gasteiger partial charge in [0.05, 0.1) is 5.41 Å². The summed E-state index contributed by atoms with van der Waals surface area (Å²) in [5.41, 5.74) is 2.01. The number of benzene rings is 2. The van der Waals surface area contributed by atoms with Gasteiger partial charge in [-0.05, 0) is 55.0 Å². The van der Waals surface area contributed by atoms with Crippen molar-refractivity contribution in [2.24, 2.45) is 5.92 Å². The lowest BCUT2D eigenvalue weighted by atomic mass is 9.94. The molecule has 4 nitrogen and oxygen atoms in total. The zero-order valence-corrected chi connectivity index (χ0v) is 15.4. The molecule has 4 heteroatoms. The average molecular weight is 350 g/mol. The Balaban J connectivity index is 1.62. The first-order chi connectivity index (χ1) is 12.5. The second-order valence-corrected chi connectivity index (χ2v) is 7.42. The molecule has 2 amide bonds. The Hall–Kier alpha value is -2.62. The third-order valence-corrected chi connectivity index (χ3v) is 4.92. The largest absolute Gasteiger partial charge is 0.355 e. The highest BCUT2D eigenvalue weighted by molar-refractivity contribution is 6.04. The number of hydrogen-bond donors (Lipinski definition) is 2. The van der Waals surface area contributed by atoms with Crippen LogP contribution >= 0.6 is 0 Å². The van der Waals surface area contributed by atoms with Crippen LogP contribution in [-0.4, -0.2) is 18.4 Å². The third-order valence-electron chi connectivity index (χ3n) is 4.92. The molecule has 2 aromatic rings. The quantitative estimate of drug-likeness (QED) is 0.789. The van der Waals surface area contributed by atoms with Crippen molar-refractivity contribution in [1.29, 1.82) is 0 Å². The molecule has 1 aliphatic rings. The topological polar surface area (TPSA) is 58.2 Å². The van der Waals surface area contributed by atoms with E-state index in [4.69, 9.17) is 0 Å². The highest BCUT2D eigenvalue weighted by Crippen LogP contribution is 2.48. The van der Waals surface area contributed by atoms with Crippen LogP contribution < -0.4 is 10.6 Å². The van der Waals surface area contributed by atoms with E-state index in [0.29, 0.717) is 11.5 Å². The molecule has 0 bridgehead atoms. The minimum Gasteiger partial charge on any atom is -0.355 e. The minimum absolute atomic E-state index is 0.124. The van der Waals surface area contributed by atoms with Gasteiger partial charge < -0.3 is 10.6 Å². The van der Waals surface area contributed by atoms with Gasteiger partial charge in [-0.15, -0.1) is 0 Å². The van der Waals surface area contributed by atoms with Crippen LogP contribution in [0.3, 0.4) is 0 Å². The van der Waals surface area contributed by atoms with Crippen molar-refractivity contribution in [1.82, 2.24) is 5.32 Å². The van der Waals surface area contributed by atoms with Crippen LogP contribution in [0.2, 0.25) is 0 Å². The number of rotatable bonds is 7. The van der Waals surface area contributed by atoms with E-state index in [9.17, 15) is 9.59 Å². The Morgan fingerprint density at radius 1 is 1.00 bits per heavy atom. The maximum absolute atomic E-state index is 12.6. The lowest BCUT2D eigenvalue weighted by Crippen LogP contribution is -2.35. The summed E-state index contributed by atoms with van der Waals surface area (Å²) in [5.74, 6) is 0.572. The van der Waals surface area contributed by atoms with E-state index < -0.39 is 0 Å². The third kappa shape index (κ3) is 4.13. The van der Waals surface area contributed by atoms with E-state index in [1.54, 1.807) is 12.1 Å². The van der Waals surface area contributed by atoms with Gasteiger partial charge in [0.25, 0.3) is 5.91 Å². The van der Waals surface area contributed by atoms with Crippen LogP contribution in [0.25, 0.3) is 0 Å². The van der Waals surface area contributed by atoms with Crippen LogP contribution in [0.1, 0.15) is 49.0 Å². The monoisotopic (exact) mass is 350 g/mol. The Labute approximate surface area is 155 Å². The normalized spacial score (nSPS) is 14.7. The molecule has 26 heavy (non-hydrogen) atoms. The van der Waals surface area contributed by atoms with Gasteiger partial charge >= 0.3 is 0 Å². The van der Waals surface area contributed by atoms with Gasteiger partial charge in [0.1, 0.15) is 0 Å². The standard InChI is InChI=1S/C22H26N2O2/c1-16(2)12-15-23-21(26)22(13-14-22)18-8-10-19(11-9-18)24-20(25)17-6-4-3-5-7-17/h3-11,16H,12-15H2,1-2H3,(H,23,26)(H,24,25). The summed E-state index contributed by atoms with van der Waals surface area (Å²) >= 11 is 0. The maximum atomic E-state index is 12.6. The summed E-state index contributed by atoms with van der Waals surface area (Å²) in [6.45, 7) is 5.03. The first kappa shape index (κ1) is 18.2. The number of amides is 2. The van der Waals surface area contributed by atoms with Crippen molar-refractivity contribution < 1.29 is 9.59 Å². The molecule has 1 aliphatic carbocycles. The van der Waals surface area contributed by atoms with Crippen molar-refractivity contribution in [2.45, 2.75) is 38.5 Å². The second-order valence-electron chi connectivity index (χ2n) is 7.42. The number of anilines is 1. The van der Waals surface area contributed by atoms with Crippen molar-refractivity contribution in [3.63, 3.8) is 0 Å². The lowest BCUT2D eigenvalue weighted by molar-refractivity contribution is -0.123. The van der Waals surface area contributed by atoms with E-state index in [2.05, 4.69) is 24.5 Å². The van der Waals surface area contributed by atoms with E-state index >= 15 is 0 Å². The summed E-state index contributed by atoms with van der Waals surface area (Å²) in [4.78, 5) is 24.8. The highest BCUT2D eigenvalue weighted by atomic mass is 16.2. The molecule has 0 atom stereocenters. The molecule has 0 aliphatic heterocycles. The zero-order chi connectivity index (χ0) is 18.6. The highest BCUT2D eigenvalue weighted by Gasteiger charge is 2.50. The van der Waals surface area contributed by atoms with E-state index in [1.165, 1.54) is 0 Å². The summed E-state index contributed by atoms with van der Waals surface area (Å²) in [6, 6.07) is 16.8. The molecule has 1 saturated carbocycles. The molecule has 1 fully saturated rings. The molecule has 136 valence electrons. The molecule has 0 aromatic heterocycles. The molecular weight excluding hydrogens is 324 g/mol. The zero-order valence-electron chi connectivity index (χ0n) is 15.4. The Morgan fingerprint density at radius 2 is 1.65 bits per heavy atom. The smallest absolute Gasteiger partial charge is 0.255 e. The van der Waals surface area contributed by atoms with Crippen LogP contribution in [-0.2, 0) is 10.2 Å². The van der Waals surface area contributed by atoms with Gasteiger partial charge in [-0.1, -0.05) is 44.2 Å². The van der Waals surface area contributed by atoms with Crippen molar-refractivity contribution >= 4 is 17.5 Å². The van der Waals surface area contributed by atoms with Crippen molar-refractivity contribution in [3.05, 3.63) is 65.7 Å². The maximum Gasteiger partial charge on any atom is 0.255 e. The van der Waals surface area contributed by atoms with Crippen molar-refractivity contribution in [2.75, 3.05) is 11.9 Å². The number of nitrogens with one attached hydrogen (secondary N) is 2. The number of hydrogen-bond acceptors (Lipinski definition) is 2. The fourth-order valence-electron chi connectivity index (χ4n) is 3.08. The molecule has 0 radical (unpaired) electrons. The molecule has 0 heterocycles. The molecular formula is C22H26N2O2. The van der Waals surface area contributed by atoms with Crippen molar-refractivity contribution in [3.8, 4) is 0 Å². The number of carbonyl (C=O) groups excluding carboxylic acids is 2. The summed E-state index contributed by atoms with van der Waals surface area (Å²) < 4.78 is 0. The van der Waals surface area contributed by atoms with Gasteiger partial charge in [0.15, 0.2) is 0 Å². The Bertz CT molecular complexity index is 762. The van der Waals surface area contributed by atoms with Crippen LogP contribution in [0.15, 0.2) is 54.6 Å². The van der Waals surface area contributed by atoms with Gasteiger partial charge in [-0.25, -0.2) is 0 Å². The second kappa shape index (κ2) is 7.73. The van der Waals surface area contributed by atoms with Crippen LogP contribution in [0, 0.1) is 5.92 Å². The predicted octanol–water partition coefficient (Wildman–Crippen LogP) is 4.13. The van der Waals surface area contributed by atoms with E-state index in [-0.39, 0.29) is 17.2 Å². The Kier molecular flexibility index (Phi) is 5.40. The first-order valence-electron chi connectivity index (χ1n) is 9.26. The molecule has 0 spiro atoms. The predicted molar refractivity (Wildman–Crippen MR) is 104 cm³/mol. The molecule has 0 saturated heterocycles. The SMILES string of the molecule is CC(C)CCNC(=O)C1(c2ccc(NC(=O)c3ccccc3)cc2)CC1. The number of carbonyl (C=O) groups is 2. The average Bonchev–Trinajstić information content (AvgIpc) is 3.44. The molecule has 2 N–H and O–H groups in total. The molecule has 3 rings (SSSR count).